The summed E-state index contributed by atoms with van der Waals surface area (Å²) >= 11 is 1.11. The van der Waals surface area contributed by atoms with Gasteiger partial charge >= 0.3 is 5.97 Å². The predicted molar refractivity (Wildman–Crippen MR) is 109 cm³/mol. The highest BCUT2D eigenvalue weighted by atomic mass is 32.1. The molecule has 1 aliphatic carbocycles. The first kappa shape index (κ1) is 20.1. The first-order chi connectivity index (χ1) is 13.4. The predicted octanol–water partition coefficient (Wildman–Crippen LogP) is 4.07. The molecule has 0 saturated heterocycles. The summed E-state index contributed by atoms with van der Waals surface area (Å²) in [6.45, 7) is 5.55. The number of hydrogen-bond acceptors (Lipinski definition) is 5. The molecule has 1 aromatic carbocycles. The minimum Gasteiger partial charge on any atom is -0.462 e. The largest absolute Gasteiger partial charge is 0.462 e. The Morgan fingerprint density at radius 3 is 2.50 bits per heavy atom. The molecule has 148 valence electrons. The minimum absolute atomic E-state index is 0.00664. The molecule has 1 fully saturated rings. The Balaban J connectivity index is 1.86. The summed E-state index contributed by atoms with van der Waals surface area (Å²) in [5.74, 6) is -0.932. The molecular weight excluding hydrogens is 376 g/mol. The van der Waals surface area contributed by atoms with E-state index in [0.717, 1.165) is 29.7 Å². The summed E-state index contributed by atoms with van der Waals surface area (Å²) < 4.78 is 5.14. The molecule has 1 unspecified atom stereocenters. The number of anilines is 1. The Labute approximate surface area is 168 Å². The lowest BCUT2D eigenvalue weighted by molar-refractivity contribution is -0.117. The number of benzene rings is 1. The molecule has 7 heteroatoms. The van der Waals surface area contributed by atoms with Crippen LogP contribution < -0.4 is 10.6 Å². The Morgan fingerprint density at radius 1 is 1.21 bits per heavy atom. The van der Waals surface area contributed by atoms with Gasteiger partial charge in [-0.1, -0.05) is 30.3 Å². The second kappa shape index (κ2) is 8.56. The maximum Gasteiger partial charge on any atom is 0.341 e. The van der Waals surface area contributed by atoms with Crippen LogP contribution in [0.25, 0.3) is 0 Å². The Morgan fingerprint density at radius 2 is 1.89 bits per heavy atom. The molecule has 6 nitrogen and oxygen atoms in total. The third kappa shape index (κ3) is 4.42. The minimum atomic E-state index is -0.530. The highest BCUT2D eigenvalue weighted by molar-refractivity contribution is 7.18. The lowest BCUT2D eigenvalue weighted by Crippen LogP contribution is -2.26. The van der Waals surface area contributed by atoms with Gasteiger partial charge in [0, 0.05) is 5.92 Å². The average molecular weight is 401 g/mol. The number of esters is 1. The van der Waals surface area contributed by atoms with Gasteiger partial charge in [0.1, 0.15) is 5.00 Å². The molecule has 0 bridgehead atoms. The number of carbonyl (C=O) groups excluding carboxylic acids is 3. The highest BCUT2D eigenvalue weighted by Gasteiger charge is 2.33. The Kier molecular flexibility index (Phi) is 6.14. The van der Waals surface area contributed by atoms with E-state index in [2.05, 4.69) is 10.6 Å². The maximum absolute atomic E-state index is 12.9. The Hall–Kier alpha value is -2.67. The van der Waals surface area contributed by atoms with Crippen molar-refractivity contribution in [3.63, 3.8) is 0 Å². The molecule has 2 amide bonds. The van der Waals surface area contributed by atoms with Crippen LogP contribution in [0.5, 0.6) is 0 Å². The van der Waals surface area contributed by atoms with Crippen LogP contribution in [-0.4, -0.2) is 24.4 Å². The van der Waals surface area contributed by atoms with E-state index in [1.165, 1.54) is 0 Å². The van der Waals surface area contributed by atoms with Gasteiger partial charge in [-0.15, -0.1) is 11.3 Å². The monoisotopic (exact) mass is 400 g/mol. The zero-order valence-corrected chi connectivity index (χ0v) is 17.0. The van der Waals surface area contributed by atoms with Crippen molar-refractivity contribution in [2.24, 2.45) is 5.92 Å². The van der Waals surface area contributed by atoms with Crippen molar-refractivity contribution in [1.29, 1.82) is 0 Å². The highest BCUT2D eigenvalue weighted by Crippen LogP contribution is 2.37. The van der Waals surface area contributed by atoms with E-state index in [0.29, 0.717) is 15.4 Å². The van der Waals surface area contributed by atoms with E-state index in [9.17, 15) is 14.4 Å². The van der Waals surface area contributed by atoms with Crippen molar-refractivity contribution in [1.82, 2.24) is 5.32 Å². The summed E-state index contributed by atoms with van der Waals surface area (Å²) in [6, 6.07) is 9.44. The standard InChI is InChI=1S/C21H24N2O4S/c1-4-27-21(26)16-12(2)17(28-20(16)23-18(24)15-10-11-15)19(25)22-13(3)14-8-6-5-7-9-14/h5-9,13,15H,4,10-11H2,1-3H3,(H,22,25)(H,23,24). The van der Waals surface area contributed by atoms with Gasteiger partial charge in [-0.05, 0) is 44.7 Å². The van der Waals surface area contributed by atoms with Crippen LogP contribution in [0.2, 0.25) is 0 Å². The number of thiophene rings is 1. The van der Waals surface area contributed by atoms with Crippen molar-refractivity contribution in [3.05, 3.63) is 51.9 Å². The van der Waals surface area contributed by atoms with Crippen molar-refractivity contribution < 1.29 is 19.1 Å². The third-order valence-corrected chi connectivity index (χ3v) is 5.87. The molecular formula is C21H24N2O4S. The van der Waals surface area contributed by atoms with E-state index < -0.39 is 5.97 Å². The molecule has 1 atom stereocenters. The SMILES string of the molecule is CCOC(=O)c1c(NC(=O)C2CC2)sc(C(=O)NC(C)c2ccccc2)c1C. The zero-order chi connectivity index (χ0) is 20.3. The third-order valence-electron chi connectivity index (χ3n) is 4.66. The molecule has 0 spiro atoms. The number of nitrogens with one attached hydrogen (secondary N) is 2. The summed E-state index contributed by atoms with van der Waals surface area (Å²) in [5, 5.41) is 6.15. The van der Waals surface area contributed by atoms with Crippen LogP contribution in [0.15, 0.2) is 30.3 Å². The molecule has 1 saturated carbocycles. The van der Waals surface area contributed by atoms with Gasteiger partial charge < -0.3 is 15.4 Å². The van der Waals surface area contributed by atoms with Crippen LogP contribution in [0.3, 0.4) is 0 Å². The molecule has 1 heterocycles. The van der Waals surface area contributed by atoms with Gasteiger partial charge in [0.15, 0.2) is 0 Å². The van der Waals surface area contributed by atoms with Crippen LogP contribution >= 0.6 is 11.3 Å². The number of ether oxygens (including phenoxy) is 1. The van der Waals surface area contributed by atoms with Crippen LogP contribution in [0, 0.1) is 12.8 Å². The fourth-order valence-corrected chi connectivity index (χ4v) is 4.01. The Bertz CT molecular complexity index is 887. The van der Waals surface area contributed by atoms with Crippen LogP contribution in [0.1, 0.15) is 63.9 Å². The zero-order valence-electron chi connectivity index (χ0n) is 16.2. The first-order valence-electron chi connectivity index (χ1n) is 9.39. The smallest absolute Gasteiger partial charge is 0.341 e. The maximum atomic E-state index is 12.9. The van der Waals surface area contributed by atoms with Gasteiger partial charge in [0.2, 0.25) is 5.91 Å². The van der Waals surface area contributed by atoms with E-state index in [1.54, 1.807) is 13.8 Å². The van der Waals surface area contributed by atoms with Crippen molar-refractivity contribution in [2.45, 2.75) is 39.7 Å². The number of amides is 2. The molecule has 1 aromatic heterocycles. The topological polar surface area (TPSA) is 84.5 Å². The van der Waals surface area contributed by atoms with E-state index >= 15 is 0 Å². The van der Waals surface area contributed by atoms with Gasteiger partial charge in [-0.25, -0.2) is 4.79 Å². The molecule has 0 radical (unpaired) electrons. The van der Waals surface area contributed by atoms with E-state index in [-0.39, 0.29) is 35.9 Å². The lowest BCUT2D eigenvalue weighted by atomic mass is 10.1. The summed E-state index contributed by atoms with van der Waals surface area (Å²) in [6.07, 6.45) is 1.71. The number of rotatable bonds is 7. The average Bonchev–Trinajstić information content (AvgIpc) is 3.47. The first-order valence-corrected chi connectivity index (χ1v) is 10.2. The molecule has 1 aliphatic rings. The normalized spacial score (nSPS) is 14.2. The molecule has 0 aliphatic heterocycles. The summed E-state index contributed by atoms with van der Waals surface area (Å²) in [4.78, 5) is 37.9. The molecule has 3 rings (SSSR count). The van der Waals surface area contributed by atoms with Crippen molar-refractivity contribution in [3.8, 4) is 0 Å². The number of hydrogen-bond donors (Lipinski definition) is 2. The molecule has 28 heavy (non-hydrogen) atoms. The van der Waals surface area contributed by atoms with Crippen molar-refractivity contribution in [2.75, 3.05) is 11.9 Å². The fraction of sp³-hybridized carbons (Fsp3) is 0.381. The fourth-order valence-electron chi connectivity index (χ4n) is 2.91. The van der Waals surface area contributed by atoms with E-state index in [1.807, 2.05) is 37.3 Å². The van der Waals surface area contributed by atoms with E-state index in [4.69, 9.17) is 4.74 Å². The quantitative estimate of drug-likeness (QED) is 0.686. The van der Waals surface area contributed by atoms with Crippen molar-refractivity contribution >= 4 is 34.1 Å². The summed E-state index contributed by atoms with van der Waals surface area (Å²) in [7, 11) is 0. The van der Waals surface area contributed by atoms with Crippen LogP contribution in [-0.2, 0) is 9.53 Å². The van der Waals surface area contributed by atoms with Gasteiger partial charge in [0.25, 0.3) is 5.91 Å². The molecule has 2 N–H and O–H groups in total. The molecule has 2 aromatic rings. The van der Waals surface area contributed by atoms with Gasteiger partial charge in [-0.2, -0.15) is 0 Å². The second-order valence-corrected chi connectivity index (χ2v) is 7.87. The number of carbonyl (C=O) groups is 3. The van der Waals surface area contributed by atoms with Gasteiger partial charge in [0.05, 0.1) is 23.1 Å². The second-order valence-electron chi connectivity index (χ2n) is 6.85. The van der Waals surface area contributed by atoms with Gasteiger partial charge in [-0.3, -0.25) is 9.59 Å². The van der Waals surface area contributed by atoms with Crippen LogP contribution in [0.4, 0.5) is 5.00 Å². The summed E-state index contributed by atoms with van der Waals surface area (Å²) in [5.41, 5.74) is 1.77. The lowest BCUT2D eigenvalue weighted by Gasteiger charge is -2.14.